The summed E-state index contributed by atoms with van der Waals surface area (Å²) in [6.45, 7) is 3.75. The molecule has 0 radical (unpaired) electrons. The second-order valence-corrected chi connectivity index (χ2v) is 4.51. The number of anilines is 1. The summed E-state index contributed by atoms with van der Waals surface area (Å²) in [5.74, 6) is 0. The number of halogens is 2. The number of nitrogen functional groups attached to an aromatic ring is 1. The molecule has 3 nitrogen and oxygen atoms in total. The minimum atomic E-state index is 0.336. The monoisotopic (exact) mass is 267 g/mol. The summed E-state index contributed by atoms with van der Waals surface area (Å²) in [5.41, 5.74) is 9.82. The van der Waals surface area contributed by atoms with Crippen molar-refractivity contribution in [1.82, 2.24) is 9.97 Å². The van der Waals surface area contributed by atoms with Gasteiger partial charge in [0.05, 0.1) is 0 Å². The lowest BCUT2D eigenvalue weighted by atomic mass is 10.0. The van der Waals surface area contributed by atoms with Crippen molar-refractivity contribution in [3.63, 3.8) is 0 Å². The Morgan fingerprint density at radius 3 is 2.53 bits per heavy atom. The summed E-state index contributed by atoms with van der Waals surface area (Å²) in [5, 5.41) is 0.738. The molecule has 2 N–H and O–H groups in total. The molecule has 0 fully saturated rings. The summed E-state index contributed by atoms with van der Waals surface area (Å²) in [6.07, 6.45) is 1.66. The summed E-state index contributed by atoms with van der Waals surface area (Å²) in [6, 6.07) is 3.61. The molecular formula is C12H11Cl2N3. The highest BCUT2D eigenvalue weighted by molar-refractivity contribution is 6.34. The van der Waals surface area contributed by atoms with E-state index >= 15 is 0 Å². The van der Waals surface area contributed by atoms with Gasteiger partial charge in [-0.2, -0.15) is 0 Å². The number of aryl methyl sites for hydroxylation is 2. The zero-order valence-electron chi connectivity index (χ0n) is 9.46. The normalized spacial score (nSPS) is 10.6. The van der Waals surface area contributed by atoms with Crippen LogP contribution in [-0.2, 0) is 0 Å². The number of aromatic nitrogens is 2. The van der Waals surface area contributed by atoms with Crippen molar-refractivity contribution < 1.29 is 0 Å². The first-order valence-electron chi connectivity index (χ1n) is 5.05. The number of hydrogen-bond acceptors (Lipinski definition) is 3. The second kappa shape index (κ2) is 4.51. The Morgan fingerprint density at radius 2 is 1.88 bits per heavy atom. The van der Waals surface area contributed by atoms with Gasteiger partial charge in [-0.05, 0) is 31.5 Å². The highest BCUT2D eigenvalue weighted by Gasteiger charge is 2.13. The predicted molar refractivity (Wildman–Crippen MR) is 71.4 cm³/mol. The maximum atomic E-state index is 6.10. The Kier molecular flexibility index (Phi) is 3.22. The van der Waals surface area contributed by atoms with E-state index in [0.29, 0.717) is 16.0 Å². The van der Waals surface area contributed by atoms with E-state index in [1.807, 2.05) is 19.9 Å². The molecule has 0 spiro atoms. The van der Waals surface area contributed by atoms with Crippen molar-refractivity contribution >= 4 is 28.9 Å². The lowest BCUT2D eigenvalue weighted by Gasteiger charge is -2.11. The average molecular weight is 268 g/mol. The van der Waals surface area contributed by atoms with Crippen molar-refractivity contribution in [2.24, 2.45) is 0 Å². The summed E-state index contributed by atoms with van der Waals surface area (Å²) in [4.78, 5) is 8.29. The molecule has 5 heteroatoms. The standard InChI is InChI=1S/C12H11Cl2N3/c1-6-5-8(12(14)17-11(6)13)10-7(2)16-4-3-9(10)15/h3-5H,1-2H3,(H2,15,16). The average Bonchev–Trinajstić information content (AvgIpc) is 2.25. The molecule has 0 aliphatic rings. The SMILES string of the molecule is Cc1cc(-c2c(N)ccnc2C)c(Cl)nc1Cl. The van der Waals surface area contributed by atoms with E-state index in [0.717, 1.165) is 22.4 Å². The van der Waals surface area contributed by atoms with Crippen molar-refractivity contribution in [3.8, 4) is 11.1 Å². The van der Waals surface area contributed by atoms with Gasteiger partial charge >= 0.3 is 0 Å². The van der Waals surface area contributed by atoms with Crippen LogP contribution < -0.4 is 5.73 Å². The third kappa shape index (κ3) is 2.21. The molecule has 0 atom stereocenters. The van der Waals surface area contributed by atoms with Gasteiger partial charge in [-0.25, -0.2) is 4.98 Å². The third-order valence-electron chi connectivity index (χ3n) is 2.55. The van der Waals surface area contributed by atoms with Crippen LogP contribution in [0.4, 0.5) is 5.69 Å². The number of nitrogens with two attached hydrogens (primary N) is 1. The van der Waals surface area contributed by atoms with Crippen LogP contribution in [-0.4, -0.2) is 9.97 Å². The van der Waals surface area contributed by atoms with E-state index in [1.165, 1.54) is 0 Å². The van der Waals surface area contributed by atoms with Gasteiger partial charge in [-0.15, -0.1) is 0 Å². The predicted octanol–water partition coefficient (Wildman–Crippen LogP) is 3.65. The van der Waals surface area contributed by atoms with E-state index in [1.54, 1.807) is 12.3 Å². The fraction of sp³-hybridized carbons (Fsp3) is 0.167. The molecule has 88 valence electrons. The molecule has 2 heterocycles. The second-order valence-electron chi connectivity index (χ2n) is 3.80. The van der Waals surface area contributed by atoms with E-state index in [9.17, 15) is 0 Å². The summed E-state index contributed by atoms with van der Waals surface area (Å²) >= 11 is 12.0. The van der Waals surface area contributed by atoms with E-state index < -0.39 is 0 Å². The molecule has 0 saturated carbocycles. The van der Waals surface area contributed by atoms with Crippen LogP contribution >= 0.6 is 23.2 Å². The Labute approximate surface area is 110 Å². The Morgan fingerprint density at radius 1 is 1.18 bits per heavy atom. The van der Waals surface area contributed by atoms with Crippen LogP contribution in [0, 0.1) is 13.8 Å². The van der Waals surface area contributed by atoms with Crippen LogP contribution in [0.25, 0.3) is 11.1 Å². The van der Waals surface area contributed by atoms with Crippen molar-refractivity contribution in [2.45, 2.75) is 13.8 Å². The molecule has 0 aliphatic carbocycles. The molecule has 0 bridgehead atoms. The first-order chi connectivity index (χ1) is 8.00. The minimum Gasteiger partial charge on any atom is -0.398 e. The molecular weight excluding hydrogens is 257 g/mol. The molecule has 0 unspecified atom stereocenters. The highest BCUT2D eigenvalue weighted by Crippen LogP contribution is 2.34. The van der Waals surface area contributed by atoms with Gasteiger partial charge in [-0.3, -0.25) is 4.98 Å². The number of nitrogens with zero attached hydrogens (tertiary/aromatic N) is 2. The van der Waals surface area contributed by atoms with Gasteiger partial charge in [0.1, 0.15) is 10.3 Å². The van der Waals surface area contributed by atoms with Gasteiger partial charge in [0.2, 0.25) is 0 Å². The molecule has 0 aliphatic heterocycles. The number of hydrogen-bond donors (Lipinski definition) is 1. The zero-order chi connectivity index (χ0) is 12.6. The van der Waals surface area contributed by atoms with Crippen molar-refractivity contribution in [3.05, 3.63) is 39.9 Å². The first kappa shape index (κ1) is 12.1. The van der Waals surface area contributed by atoms with Crippen LogP contribution in [0.15, 0.2) is 18.3 Å². The minimum absolute atomic E-state index is 0.336. The van der Waals surface area contributed by atoms with E-state index in [4.69, 9.17) is 28.9 Å². The third-order valence-corrected chi connectivity index (χ3v) is 3.22. The Bertz CT molecular complexity index is 562. The van der Waals surface area contributed by atoms with Crippen LogP contribution in [0.2, 0.25) is 10.3 Å². The van der Waals surface area contributed by atoms with E-state index in [2.05, 4.69) is 9.97 Å². The Balaban J connectivity index is 2.73. The van der Waals surface area contributed by atoms with Gasteiger partial charge in [0.15, 0.2) is 0 Å². The highest BCUT2D eigenvalue weighted by atomic mass is 35.5. The largest absolute Gasteiger partial charge is 0.398 e. The fourth-order valence-electron chi connectivity index (χ4n) is 1.68. The lowest BCUT2D eigenvalue weighted by molar-refractivity contribution is 1.19. The molecule has 2 rings (SSSR count). The van der Waals surface area contributed by atoms with Gasteiger partial charge in [0.25, 0.3) is 0 Å². The maximum Gasteiger partial charge on any atom is 0.138 e. The van der Waals surface area contributed by atoms with Crippen LogP contribution in [0.5, 0.6) is 0 Å². The van der Waals surface area contributed by atoms with Crippen LogP contribution in [0.1, 0.15) is 11.3 Å². The fourth-order valence-corrected chi connectivity index (χ4v) is 2.10. The van der Waals surface area contributed by atoms with Gasteiger partial charge in [-0.1, -0.05) is 23.2 Å². The lowest BCUT2D eigenvalue weighted by Crippen LogP contribution is -1.97. The first-order valence-corrected chi connectivity index (χ1v) is 5.80. The topological polar surface area (TPSA) is 51.8 Å². The Hall–Kier alpha value is -1.32. The smallest absolute Gasteiger partial charge is 0.138 e. The maximum absolute atomic E-state index is 6.10. The number of pyridine rings is 2. The molecule has 0 amide bonds. The zero-order valence-corrected chi connectivity index (χ0v) is 11.0. The van der Waals surface area contributed by atoms with E-state index in [-0.39, 0.29) is 0 Å². The summed E-state index contributed by atoms with van der Waals surface area (Å²) < 4.78 is 0. The van der Waals surface area contributed by atoms with Crippen LogP contribution in [0.3, 0.4) is 0 Å². The molecule has 0 saturated heterocycles. The van der Waals surface area contributed by atoms with Crippen molar-refractivity contribution in [2.75, 3.05) is 5.73 Å². The quantitative estimate of drug-likeness (QED) is 0.803. The molecule has 2 aromatic heterocycles. The summed E-state index contributed by atoms with van der Waals surface area (Å²) in [7, 11) is 0. The molecule has 17 heavy (non-hydrogen) atoms. The number of rotatable bonds is 1. The molecule has 2 aromatic rings. The van der Waals surface area contributed by atoms with Crippen molar-refractivity contribution in [1.29, 1.82) is 0 Å². The molecule has 0 aromatic carbocycles. The van der Waals surface area contributed by atoms with Gasteiger partial charge in [0, 0.05) is 28.7 Å². The van der Waals surface area contributed by atoms with Gasteiger partial charge < -0.3 is 5.73 Å².